The average molecular weight is 254 g/mol. The van der Waals surface area contributed by atoms with Crippen LogP contribution in [-0.2, 0) is 14.3 Å². The molecule has 0 aromatic heterocycles. The van der Waals surface area contributed by atoms with Crippen molar-refractivity contribution in [3.63, 3.8) is 0 Å². The second-order valence-corrected chi connectivity index (χ2v) is 5.67. The van der Waals surface area contributed by atoms with E-state index >= 15 is 0 Å². The molecule has 0 aliphatic carbocycles. The maximum atomic E-state index is 12.1. The van der Waals surface area contributed by atoms with Crippen LogP contribution >= 0.6 is 0 Å². The zero-order valence-electron chi connectivity index (χ0n) is 10.7. The predicted octanol–water partition coefficient (Wildman–Crippen LogP) is 0.193. The molecule has 2 atom stereocenters. The SMILES string of the molecule is O=C(NC[C@H]1CCCO1)[C@@H]1CCCC2(CNC2)O1. The lowest BCUT2D eigenvalue weighted by Gasteiger charge is -2.47. The first-order valence-electron chi connectivity index (χ1n) is 7.05. The van der Waals surface area contributed by atoms with Crippen LogP contribution in [0.4, 0.5) is 0 Å². The van der Waals surface area contributed by atoms with Crippen molar-refractivity contribution in [2.75, 3.05) is 26.2 Å². The Balaban J connectivity index is 1.46. The lowest BCUT2D eigenvalue weighted by molar-refractivity contribution is -0.171. The van der Waals surface area contributed by atoms with Gasteiger partial charge in [0.2, 0.25) is 5.91 Å². The summed E-state index contributed by atoms with van der Waals surface area (Å²) < 4.78 is 11.5. The molecule has 0 unspecified atom stereocenters. The molecule has 2 N–H and O–H groups in total. The molecular formula is C13H22N2O3. The van der Waals surface area contributed by atoms with Crippen LogP contribution in [0.5, 0.6) is 0 Å². The maximum absolute atomic E-state index is 12.1. The van der Waals surface area contributed by atoms with Crippen LogP contribution < -0.4 is 10.6 Å². The van der Waals surface area contributed by atoms with Gasteiger partial charge in [-0.05, 0) is 32.1 Å². The lowest BCUT2D eigenvalue weighted by atomic mass is 9.86. The van der Waals surface area contributed by atoms with Crippen molar-refractivity contribution in [3.8, 4) is 0 Å². The highest BCUT2D eigenvalue weighted by molar-refractivity contribution is 5.80. The van der Waals surface area contributed by atoms with E-state index in [1.807, 2.05) is 0 Å². The molecule has 3 saturated heterocycles. The predicted molar refractivity (Wildman–Crippen MR) is 66.3 cm³/mol. The van der Waals surface area contributed by atoms with Crippen LogP contribution in [-0.4, -0.2) is 50.0 Å². The van der Waals surface area contributed by atoms with Crippen LogP contribution in [0.25, 0.3) is 0 Å². The number of hydrogen-bond donors (Lipinski definition) is 2. The smallest absolute Gasteiger partial charge is 0.249 e. The van der Waals surface area contributed by atoms with Gasteiger partial charge in [-0.2, -0.15) is 0 Å². The number of carbonyl (C=O) groups excluding carboxylic acids is 1. The molecule has 0 saturated carbocycles. The van der Waals surface area contributed by atoms with E-state index in [0.717, 1.165) is 51.8 Å². The third-order valence-corrected chi connectivity index (χ3v) is 4.21. The van der Waals surface area contributed by atoms with Gasteiger partial charge in [-0.15, -0.1) is 0 Å². The molecule has 0 bridgehead atoms. The zero-order valence-corrected chi connectivity index (χ0v) is 10.7. The monoisotopic (exact) mass is 254 g/mol. The quantitative estimate of drug-likeness (QED) is 0.755. The molecule has 0 radical (unpaired) electrons. The van der Waals surface area contributed by atoms with Gasteiger partial charge in [-0.3, -0.25) is 4.79 Å². The van der Waals surface area contributed by atoms with E-state index in [4.69, 9.17) is 9.47 Å². The van der Waals surface area contributed by atoms with Gasteiger partial charge in [0.25, 0.3) is 0 Å². The molecule has 102 valence electrons. The van der Waals surface area contributed by atoms with Crippen molar-refractivity contribution in [1.29, 1.82) is 0 Å². The van der Waals surface area contributed by atoms with E-state index in [1.165, 1.54) is 0 Å². The number of amides is 1. The van der Waals surface area contributed by atoms with Gasteiger partial charge in [-0.25, -0.2) is 0 Å². The molecule has 5 nitrogen and oxygen atoms in total. The molecule has 0 aromatic rings. The Labute approximate surface area is 108 Å². The highest BCUT2D eigenvalue weighted by atomic mass is 16.5. The maximum Gasteiger partial charge on any atom is 0.249 e. The summed E-state index contributed by atoms with van der Waals surface area (Å²) >= 11 is 0. The third kappa shape index (κ3) is 2.53. The summed E-state index contributed by atoms with van der Waals surface area (Å²) in [6, 6.07) is 0. The number of rotatable bonds is 3. The Morgan fingerprint density at radius 3 is 2.89 bits per heavy atom. The zero-order chi connectivity index (χ0) is 12.4. The van der Waals surface area contributed by atoms with Gasteiger partial charge in [-0.1, -0.05) is 0 Å². The Hall–Kier alpha value is -0.650. The third-order valence-electron chi connectivity index (χ3n) is 4.21. The molecule has 3 heterocycles. The molecular weight excluding hydrogens is 232 g/mol. The van der Waals surface area contributed by atoms with Crippen molar-refractivity contribution in [1.82, 2.24) is 10.6 Å². The van der Waals surface area contributed by atoms with Gasteiger partial charge in [0.1, 0.15) is 6.10 Å². The van der Waals surface area contributed by atoms with Crippen LogP contribution in [0.3, 0.4) is 0 Å². The minimum Gasteiger partial charge on any atom is -0.376 e. The largest absolute Gasteiger partial charge is 0.376 e. The standard InChI is InChI=1S/C13H22N2O3/c16-12(15-7-10-3-2-6-17-10)11-4-1-5-13(18-11)8-14-9-13/h10-11,14H,1-9H2,(H,15,16)/t10-,11+/m1/s1. The number of hydrogen-bond acceptors (Lipinski definition) is 4. The molecule has 18 heavy (non-hydrogen) atoms. The molecule has 0 aromatic carbocycles. The summed E-state index contributed by atoms with van der Waals surface area (Å²) in [5, 5.41) is 6.20. The molecule has 3 fully saturated rings. The van der Waals surface area contributed by atoms with E-state index in [-0.39, 0.29) is 23.7 Å². The number of ether oxygens (including phenoxy) is 2. The molecule has 3 rings (SSSR count). The Morgan fingerprint density at radius 1 is 1.33 bits per heavy atom. The fourth-order valence-electron chi connectivity index (χ4n) is 3.01. The molecule has 3 aliphatic rings. The molecule has 1 amide bonds. The van der Waals surface area contributed by atoms with E-state index in [0.29, 0.717) is 6.54 Å². The lowest BCUT2D eigenvalue weighted by Crippen LogP contribution is -2.64. The summed E-state index contributed by atoms with van der Waals surface area (Å²) in [4.78, 5) is 12.1. The second-order valence-electron chi connectivity index (χ2n) is 5.67. The van der Waals surface area contributed by atoms with Crippen LogP contribution in [0.2, 0.25) is 0 Å². The van der Waals surface area contributed by atoms with E-state index in [1.54, 1.807) is 0 Å². The van der Waals surface area contributed by atoms with Gasteiger partial charge in [0.15, 0.2) is 0 Å². The van der Waals surface area contributed by atoms with Gasteiger partial charge < -0.3 is 20.1 Å². The minimum atomic E-state index is -0.262. The number of nitrogens with one attached hydrogen (secondary N) is 2. The first-order chi connectivity index (χ1) is 8.77. The van der Waals surface area contributed by atoms with Gasteiger partial charge in [0, 0.05) is 26.2 Å². The average Bonchev–Trinajstić information content (AvgIpc) is 2.87. The van der Waals surface area contributed by atoms with Crippen molar-refractivity contribution in [3.05, 3.63) is 0 Å². The molecule has 1 spiro atoms. The summed E-state index contributed by atoms with van der Waals surface area (Å²) in [5.74, 6) is 0.0384. The fraction of sp³-hybridized carbons (Fsp3) is 0.923. The van der Waals surface area contributed by atoms with E-state index < -0.39 is 0 Å². The molecule has 5 heteroatoms. The Morgan fingerprint density at radius 2 is 2.22 bits per heavy atom. The van der Waals surface area contributed by atoms with E-state index in [2.05, 4.69) is 10.6 Å². The first-order valence-corrected chi connectivity index (χ1v) is 7.05. The molecule has 3 aliphatic heterocycles. The van der Waals surface area contributed by atoms with E-state index in [9.17, 15) is 4.79 Å². The fourth-order valence-corrected chi connectivity index (χ4v) is 3.01. The highest BCUT2D eigenvalue weighted by Gasteiger charge is 2.44. The van der Waals surface area contributed by atoms with Crippen LogP contribution in [0, 0.1) is 0 Å². The minimum absolute atomic E-state index is 0.0384. The van der Waals surface area contributed by atoms with Crippen molar-refractivity contribution >= 4 is 5.91 Å². The summed E-state index contributed by atoms with van der Waals surface area (Å²) in [5.41, 5.74) is -0.0515. The van der Waals surface area contributed by atoms with Crippen LogP contribution in [0.1, 0.15) is 32.1 Å². The second kappa shape index (κ2) is 5.15. The normalized spacial score (nSPS) is 34.2. The van der Waals surface area contributed by atoms with Crippen molar-refractivity contribution in [2.45, 2.75) is 49.9 Å². The number of carbonyl (C=O) groups is 1. The summed E-state index contributed by atoms with van der Waals surface area (Å²) in [6.07, 6.45) is 5.11. The first kappa shape index (κ1) is 12.4. The Kier molecular flexibility index (Phi) is 3.54. The summed E-state index contributed by atoms with van der Waals surface area (Å²) in [6.45, 7) is 3.24. The van der Waals surface area contributed by atoms with Crippen molar-refractivity contribution < 1.29 is 14.3 Å². The van der Waals surface area contributed by atoms with Gasteiger partial charge in [0.05, 0.1) is 11.7 Å². The van der Waals surface area contributed by atoms with Crippen molar-refractivity contribution in [2.24, 2.45) is 0 Å². The summed E-state index contributed by atoms with van der Waals surface area (Å²) in [7, 11) is 0. The Bertz CT molecular complexity index is 311. The van der Waals surface area contributed by atoms with Crippen LogP contribution in [0.15, 0.2) is 0 Å². The highest BCUT2D eigenvalue weighted by Crippen LogP contribution is 2.31. The van der Waals surface area contributed by atoms with Gasteiger partial charge >= 0.3 is 0 Å². The topological polar surface area (TPSA) is 59.6 Å².